The molecular formula is C20H26NO5+. The van der Waals surface area contributed by atoms with E-state index in [9.17, 15) is 19.5 Å². The summed E-state index contributed by atoms with van der Waals surface area (Å²) in [7, 11) is 4.06. The molecule has 1 aromatic carbocycles. The first-order valence-corrected chi connectivity index (χ1v) is 8.85. The van der Waals surface area contributed by atoms with Gasteiger partial charge in [0.05, 0.1) is 25.7 Å². The van der Waals surface area contributed by atoms with Crippen molar-refractivity contribution in [3.05, 3.63) is 41.5 Å². The molecule has 1 fully saturated rings. The first kappa shape index (κ1) is 19.8. The predicted molar refractivity (Wildman–Crippen MR) is 97.9 cm³/mol. The molecule has 1 saturated carbocycles. The number of Topliss-reactive ketones (excluding diaryl/α,β-unsaturated/α-hetero) is 1. The molecule has 1 aliphatic carbocycles. The monoisotopic (exact) mass is 360 g/mol. The van der Waals surface area contributed by atoms with Crippen molar-refractivity contribution in [1.82, 2.24) is 0 Å². The fourth-order valence-electron chi connectivity index (χ4n) is 3.70. The van der Waals surface area contributed by atoms with E-state index in [1.807, 2.05) is 14.1 Å². The first-order chi connectivity index (χ1) is 12.2. The van der Waals surface area contributed by atoms with E-state index in [2.05, 4.69) is 0 Å². The van der Waals surface area contributed by atoms with Gasteiger partial charge in [0.15, 0.2) is 0 Å². The van der Waals surface area contributed by atoms with E-state index >= 15 is 0 Å². The summed E-state index contributed by atoms with van der Waals surface area (Å²) < 4.78 is 0.554. The Balaban J connectivity index is 2.32. The zero-order valence-electron chi connectivity index (χ0n) is 15.3. The molecule has 1 aliphatic rings. The van der Waals surface area contributed by atoms with Gasteiger partial charge in [-0.1, -0.05) is 30.7 Å². The molecule has 0 amide bonds. The third-order valence-electron chi connectivity index (χ3n) is 5.13. The summed E-state index contributed by atoms with van der Waals surface area (Å²) in [6.45, 7) is 0.252. The molecule has 0 unspecified atom stereocenters. The number of carbonyl (C=O) groups excluding carboxylic acids is 1. The Kier molecular flexibility index (Phi) is 6.32. The highest BCUT2D eigenvalue weighted by Gasteiger charge is 2.33. The molecule has 0 radical (unpaired) electrons. The highest BCUT2D eigenvalue weighted by molar-refractivity contribution is 6.22. The molecule has 0 aliphatic heterocycles. The molecule has 0 bridgehead atoms. The smallest absolute Gasteiger partial charge is 0.336 e. The Bertz CT molecular complexity index is 729. The van der Waals surface area contributed by atoms with Crippen molar-refractivity contribution in [3.63, 3.8) is 0 Å². The van der Waals surface area contributed by atoms with E-state index in [1.165, 1.54) is 25.3 Å². The average molecular weight is 360 g/mol. The molecule has 1 aromatic rings. The van der Waals surface area contributed by atoms with Crippen molar-refractivity contribution in [1.29, 1.82) is 0 Å². The van der Waals surface area contributed by atoms with Gasteiger partial charge in [0.1, 0.15) is 6.54 Å². The van der Waals surface area contributed by atoms with Crippen LogP contribution in [-0.2, 0) is 9.59 Å². The van der Waals surface area contributed by atoms with E-state index in [-0.39, 0.29) is 29.0 Å². The minimum atomic E-state index is -1.37. The van der Waals surface area contributed by atoms with Crippen molar-refractivity contribution in [2.75, 3.05) is 20.6 Å². The Morgan fingerprint density at radius 1 is 1.04 bits per heavy atom. The number of rotatable bonds is 7. The number of aliphatic carboxylic acids is 2. The minimum absolute atomic E-state index is 0.149. The molecular weight excluding hydrogens is 334 g/mol. The highest BCUT2D eigenvalue weighted by atomic mass is 16.4. The lowest BCUT2D eigenvalue weighted by Crippen LogP contribution is -2.52. The van der Waals surface area contributed by atoms with E-state index in [4.69, 9.17) is 5.11 Å². The standard InChI is InChI=1S/C20H25NO5/c1-21(2,14-8-4-3-5-9-14)13-18(22)16-11-7-6-10-15(16)17(20(25)26)12-19(23)24/h6-7,10-12,14H,3-5,8-9,13H2,1-2H3,(H-,23,24,25,26)/p+1/b17-12-. The molecule has 0 atom stereocenters. The van der Waals surface area contributed by atoms with Crippen LogP contribution in [-0.4, -0.2) is 59.1 Å². The number of carboxylic acid groups (broad SMARTS) is 2. The maximum absolute atomic E-state index is 13.0. The van der Waals surface area contributed by atoms with Crippen molar-refractivity contribution in [2.24, 2.45) is 0 Å². The molecule has 0 heterocycles. The summed E-state index contributed by atoms with van der Waals surface area (Å²) in [5.74, 6) is -2.90. The van der Waals surface area contributed by atoms with E-state index in [0.717, 1.165) is 12.8 Å². The number of quaternary nitrogens is 1. The van der Waals surface area contributed by atoms with Crippen LogP contribution in [0.5, 0.6) is 0 Å². The number of hydrogen-bond acceptors (Lipinski definition) is 3. The van der Waals surface area contributed by atoms with Crippen molar-refractivity contribution in [3.8, 4) is 0 Å². The summed E-state index contributed by atoms with van der Waals surface area (Å²) in [4.78, 5) is 35.4. The summed E-state index contributed by atoms with van der Waals surface area (Å²) in [5.41, 5.74) is 0.0184. The number of likely N-dealkylation sites (N-methyl/N-ethyl adjacent to an activating group) is 1. The van der Waals surface area contributed by atoms with Gasteiger partial charge < -0.3 is 14.7 Å². The molecule has 6 heteroatoms. The van der Waals surface area contributed by atoms with Crippen molar-refractivity contribution in [2.45, 2.75) is 38.1 Å². The van der Waals surface area contributed by atoms with Crippen LogP contribution in [0.3, 0.4) is 0 Å². The summed E-state index contributed by atoms with van der Waals surface area (Å²) in [6.07, 6.45) is 6.37. The summed E-state index contributed by atoms with van der Waals surface area (Å²) >= 11 is 0. The molecule has 140 valence electrons. The van der Waals surface area contributed by atoms with Crippen LogP contribution in [0.25, 0.3) is 5.57 Å². The lowest BCUT2D eigenvalue weighted by atomic mass is 9.91. The first-order valence-electron chi connectivity index (χ1n) is 8.85. The number of carboxylic acids is 2. The van der Waals surface area contributed by atoms with E-state index < -0.39 is 11.9 Å². The normalized spacial score (nSPS) is 16.3. The Labute approximate surface area is 153 Å². The van der Waals surface area contributed by atoms with Gasteiger partial charge in [-0.3, -0.25) is 4.79 Å². The number of carbonyl (C=O) groups is 3. The molecule has 0 saturated heterocycles. The van der Waals surface area contributed by atoms with Crippen LogP contribution < -0.4 is 0 Å². The topological polar surface area (TPSA) is 91.7 Å². The third kappa shape index (κ3) is 4.79. The average Bonchev–Trinajstić information content (AvgIpc) is 2.59. The summed E-state index contributed by atoms with van der Waals surface area (Å²) in [6, 6.07) is 6.73. The zero-order valence-corrected chi connectivity index (χ0v) is 15.3. The van der Waals surface area contributed by atoms with Gasteiger partial charge >= 0.3 is 11.9 Å². The quantitative estimate of drug-likeness (QED) is 0.443. The van der Waals surface area contributed by atoms with Crippen LogP contribution in [0.15, 0.2) is 30.3 Å². The minimum Gasteiger partial charge on any atom is -0.478 e. The molecule has 0 aromatic heterocycles. The second-order valence-electron chi connectivity index (χ2n) is 7.40. The van der Waals surface area contributed by atoms with Crippen molar-refractivity contribution < 1.29 is 29.1 Å². The maximum Gasteiger partial charge on any atom is 0.336 e. The van der Waals surface area contributed by atoms with Gasteiger partial charge in [-0.15, -0.1) is 0 Å². The van der Waals surface area contributed by atoms with E-state index in [1.54, 1.807) is 18.2 Å². The van der Waals surface area contributed by atoms with Crippen LogP contribution in [0, 0.1) is 0 Å². The highest BCUT2D eigenvalue weighted by Crippen LogP contribution is 2.27. The second kappa shape index (κ2) is 8.27. The number of benzene rings is 1. The number of nitrogens with zero attached hydrogens (tertiary/aromatic N) is 1. The molecule has 2 N–H and O–H groups in total. The Morgan fingerprint density at radius 3 is 2.15 bits per heavy atom. The SMILES string of the molecule is C[N+](C)(CC(=O)c1ccccc1/C(=C/C(=O)O)C(=O)O)C1CCCCC1. The Hall–Kier alpha value is -2.47. The van der Waals surface area contributed by atoms with Gasteiger partial charge in [0.25, 0.3) is 0 Å². The fourth-order valence-corrected chi connectivity index (χ4v) is 3.70. The Morgan fingerprint density at radius 2 is 1.62 bits per heavy atom. The van der Waals surface area contributed by atoms with Crippen LogP contribution >= 0.6 is 0 Å². The lowest BCUT2D eigenvalue weighted by Gasteiger charge is -2.39. The van der Waals surface area contributed by atoms with Gasteiger partial charge in [-0.2, -0.15) is 0 Å². The molecule has 6 nitrogen and oxygen atoms in total. The lowest BCUT2D eigenvalue weighted by molar-refractivity contribution is -0.908. The van der Waals surface area contributed by atoms with Gasteiger partial charge in [0.2, 0.25) is 5.78 Å². The fraction of sp³-hybridized carbons (Fsp3) is 0.450. The maximum atomic E-state index is 13.0. The largest absolute Gasteiger partial charge is 0.478 e. The van der Waals surface area contributed by atoms with Gasteiger partial charge in [-0.05, 0) is 25.7 Å². The third-order valence-corrected chi connectivity index (χ3v) is 5.13. The zero-order chi connectivity index (χ0) is 19.3. The molecule has 2 rings (SSSR count). The molecule has 0 spiro atoms. The van der Waals surface area contributed by atoms with Gasteiger partial charge in [0, 0.05) is 17.2 Å². The second-order valence-corrected chi connectivity index (χ2v) is 7.40. The predicted octanol–water partition coefficient (Wildman–Crippen LogP) is 2.83. The van der Waals surface area contributed by atoms with Crippen LogP contribution in [0.1, 0.15) is 48.0 Å². The molecule has 26 heavy (non-hydrogen) atoms. The number of hydrogen-bond donors (Lipinski definition) is 2. The van der Waals surface area contributed by atoms with E-state index in [0.29, 0.717) is 16.6 Å². The van der Waals surface area contributed by atoms with Gasteiger partial charge in [-0.25, -0.2) is 9.59 Å². The van der Waals surface area contributed by atoms with Crippen molar-refractivity contribution >= 4 is 23.3 Å². The van der Waals surface area contributed by atoms with Crippen LogP contribution in [0.4, 0.5) is 0 Å². The van der Waals surface area contributed by atoms with Crippen LogP contribution in [0.2, 0.25) is 0 Å². The summed E-state index contributed by atoms with van der Waals surface area (Å²) in [5, 5.41) is 18.3. The number of ketones is 1.